The van der Waals surface area contributed by atoms with E-state index in [9.17, 15) is 5.11 Å². The lowest BCUT2D eigenvalue weighted by Gasteiger charge is -2.24. The zero-order chi connectivity index (χ0) is 22.4. The van der Waals surface area contributed by atoms with E-state index in [1.807, 2.05) is 32.0 Å². The molecule has 0 spiro atoms. The number of nitrogens with zero attached hydrogens (tertiary/aromatic N) is 1. The zero-order valence-corrected chi connectivity index (χ0v) is 18.4. The minimum absolute atomic E-state index is 0.0410. The van der Waals surface area contributed by atoms with Gasteiger partial charge in [0.1, 0.15) is 44.0 Å². The number of nitriles is 1. The van der Waals surface area contributed by atoms with Crippen molar-refractivity contribution in [3.63, 3.8) is 0 Å². The van der Waals surface area contributed by atoms with Crippen LogP contribution in [0.3, 0.4) is 0 Å². The first-order valence-electron chi connectivity index (χ1n) is 10.5. The fourth-order valence-electron chi connectivity index (χ4n) is 3.59. The fourth-order valence-corrected chi connectivity index (χ4v) is 3.59. The maximum absolute atomic E-state index is 9.70. The van der Waals surface area contributed by atoms with Crippen LogP contribution in [0.2, 0.25) is 0 Å². The number of hydrogen-bond donors (Lipinski definition) is 1. The van der Waals surface area contributed by atoms with Gasteiger partial charge in [-0.3, -0.25) is 0 Å². The number of fused-ring (bicyclic) bond motifs is 2. The van der Waals surface area contributed by atoms with Gasteiger partial charge >= 0.3 is 0 Å². The van der Waals surface area contributed by atoms with Crippen molar-refractivity contribution >= 4 is 0 Å². The molecule has 7 heteroatoms. The molecule has 7 nitrogen and oxygen atoms in total. The standard InChI is InChI=1S/C13H15NO3.C11H14O3/c1-9(2)12-10(15-6-5-14)3-4-11-13(12)17-8-7-16-11;1-7(2)10-8(12)3-4-9-11(10)14-6-5-13-9/h3-4,9H,6-8H2,1-2H3;3-4,7,12H,5-6H2,1-2H3. The van der Waals surface area contributed by atoms with Crippen molar-refractivity contribution in [1.82, 2.24) is 0 Å². The second-order valence-electron chi connectivity index (χ2n) is 7.78. The molecule has 2 aromatic carbocycles. The molecule has 0 amide bonds. The van der Waals surface area contributed by atoms with Gasteiger partial charge in [-0.1, -0.05) is 27.7 Å². The topological polar surface area (TPSA) is 90.2 Å². The largest absolute Gasteiger partial charge is 0.508 e. The first-order valence-corrected chi connectivity index (χ1v) is 10.5. The number of phenolic OH excluding ortho intramolecular Hbond substituents is 1. The summed E-state index contributed by atoms with van der Waals surface area (Å²) in [6.07, 6.45) is 0. The number of hydrogen-bond acceptors (Lipinski definition) is 7. The monoisotopic (exact) mass is 427 g/mol. The Bertz CT molecular complexity index is 948. The third kappa shape index (κ3) is 5.08. The van der Waals surface area contributed by atoms with Crippen molar-refractivity contribution in [3.8, 4) is 40.6 Å². The van der Waals surface area contributed by atoms with E-state index in [1.165, 1.54) is 0 Å². The van der Waals surface area contributed by atoms with E-state index in [4.69, 9.17) is 28.9 Å². The van der Waals surface area contributed by atoms with Crippen LogP contribution in [-0.2, 0) is 0 Å². The highest BCUT2D eigenvalue weighted by Gasteiger charge is 2.22. The van der Waals surface area contributed by atoms with E-state index in [1.54, 1.807) is 12.1 Å². The van der Waals surface area contributed by atoms with Crippen molar-refractivity contribution < 1.29 is 28.8 Å². The normalized spacial score (nSPS) is 13.8. The molecule has 0 bridgehead atoms. The molecule has 0 fully saturated rings. The number of rotatable bonds is 4. The van der Waals surface area contributed by atoms with Gasteiger partial charge in [-0.05, 0) is 36.1 Å². The van der Waals surface area contributed by atoms with Gasteiger partial charge in [0, 0.05) is 11.1 Å². The molecule has 4 rings (SSSR count). The van der Waals surface area contributed by atoms with Gasteiger partial charge in [0.15, 0.2) is 29.6 Å². The summed E-state index contributed by atoms with van der Waals surface area (Å²) in [7, 11) is 0. The molecule has 1 N–H and O–H groups in total. The van der Waals surface area contributed by atoms with Crippen LogP contribution >= 0.6 is 0 Å². The van der Waals surface area contributed by atoms with Gasteiger partial charge < -0.3 is 28.8 Å². The number of aromatic hydroxyl groups is 1. The van der Waals surface area contributed by atoms with E-state index in [-0.39, 0.29) is 24.2 Å². The maximum Gasteiger partial charge on any atom is 0.174 e. The van der Waals surface area contributed by atoms with Crippen molar-refractivity contribution in [2.75, 3.05) is 33.0 Å². The SMILES string of the molecule is CC(C)c1c(O)ccc2c1OCCO2.CC(C)c1c(OCC#N)ccc2c1OCCO2. The summed E-state index contributed by atoms with van der Waals surface area (Å²) >= 11 is 0. The van der Waals surface area contributed by atoms with Crippen molar-refractivity contribution in [2.45, 2.75) is 39.5 Å². The summed E-state index contributed by atoms with van der Waals surface area (Å²) < 4.78 is 27.5. The maximum atomic E-state index is 9.70. The first kappa shape index (κ1) is 22.4. The van der Waals surface area contributed by atoms with Crippen LogP contribution in [0.1, 0.15) is 50.7 Å². The molecule has 166 valence electrons. The van der Waals surface area contributed by atoms with Gasteiger partial charge in [-0.2, -0.15) is 5.26 Å². The molecule has 2 aliphatic rings. The van der Waals surface area contributed by atoms with Crippen molar-refractivity contribution in [1.29, 1.82) is 5.26 Å². The molecule has 2 aliphatic heterocycles. The van der Waals surface area contributed by atoms with Gasteiger partial charge in [-0.15, -0.1) is 0 Å². The molecule has 0 radical (unpaired) electrons. The Balaban J connectivity index is 0.000000179. The molecule has 31 heavy (non-hydrogen) atoms. The number of phenols is 1. The smallest absolute Gasteiger partial charge is 0.174 e. The van der Waals surface area contributed by atoms with E-state index in [0.717, 1.165) is 28.4 Å². The highest BCUT2D eigenvalue weighted by atomic mass is 16.6. The highest BCUT2D eigenvalue weighted by Crippen LogP contribution is 2.44. The lowest BCUT2D eigenvalue weighted by molar-refractivity contribution is 0.168. The summed E-state index contributed by atoms with van der Waals surface area (Å²) in [6, 6.07) is 9.03. The van der Waals surface area contributed by atoms with E-state index in [2.05, 4.69) is 13.8 Å². The Kier molecular flexibility index (Phi) is 7.35. The minimum atomic E-state index is 0.0410. The number of ether oxygens (including phenoxy) is 5. The molecule has 0 aliphatic carbocycles. The van der Waals surface area contributed by atoms with E-state index < -0.39 is 0 Å². The molecule has 0 unspecified atom stereocenters. The number of benzene rings is 2. The van der Waals surface area contributed by atoms with Crippen LogP contribution in [-0.4, -0.2) is 38.1 Å². The quantitative estimate of drug-likeness (QED) is 0.751. The van der Waals surface area contributed by atoms with Crippen molar-refractivity contribution in [3.05, 3.63) is 35.4 Å². The third-order valence-electron chi connectivity index (χ3n) is 4.88. The van der Waals surface area contributed by atoms with Crippen LogP contribution < -0.4 is 23.7 Å². The first-order chi connectivity index (χ1) is 14.9. The Labute approximate surface area is 183 Å². The Morgan fingerprint density at radius 3 is 1.90 bits per heavy atom. The lowest BCUT2D eigenvalue weighted by Crippen LogP contribution is -2.17. The van der Waals surface area contributed by atoms with Gasteiger partial charge in [0.25, 0.3) is 0 Å². The Morgan fingerprint density at radius 1 is 0.839 bits per heavy atom. The molecule has 0 atom stereocenters. The lowest BCUT2D eigenvalue weighted by atomic mass is 10.00. The summed E-state index contributed by atoms with van der Waals surface area (Å²) in [6.45, 7) is 10.5. The Morgan fingerprint density at radius 2 is 1.35 bits per heavy atom. The molecular weight excluding hydrogens is 398 g/mol. The second kappa shape index (κ2) is 10.2. The molecule has 0 aromatic heterocycles. The zero-order valence-electron chi connectivity index (χ0n) is 18.4. The second-order valence-corrected chi connectivity index (χ2v) is 7.78. The summed E-state index contributed by atoms with van der Waals surface area (Å²) in [5, 5.41) is 18.3. The van der Waals surface area contributed by atoms with Gasteiger partial charge in [-0.25, -0.2) is 0 Å². The Hall–Kier alpha value is -3.27. The summed E-state index contributed by atoms with van der Waals surface area (Å²) in [5.41, 5.74) is 1.81. The van der Waals surface area contributed by atoms with Crippen molar-refractivity contribution in [2.24, 2.45) is 0 Å². The predicted octanol–water partition coefficient (Wildman–Crippen LogP) is 4.77. The highest BCUT2D eigenvalue weighted by molar-refractivity contribution is 5.56. The third-order valence-corrected chi connectivity index (χ3v) is 4.88. The average molecular weight is 427 g/mol. The minimum Gasteiger partial charge on any atom is -0.508 e. The molecule has 2 heterocycles. The van der Waals surface area contributed by atoms with Crippen LogP contribution in [0.5, 0.6) is 34.5 Å². The molecule has 0 saturated carbocycles. The van der Waals surface area contributed by atoms with E-state index >= 15 is 0 Å². The van der Waals surface area contributed by atoms with Crippen LogP contribution in [0.4, 0.5) is 0 Å². The van der Waals surface area contributed by atoms with Crippen LogP contribution in [0, 0.1) is 11.3 Å². The average Bonchev–Trinajstić information content (AvgIpc) is 2.77. The molecular formula is C24H29NO6. The van der Waals surface area contributed by atoms with E-state index in [0.29, 0.717) is 37.9 Å². The summed E-state index contributed by atoms with van der Waals surface area (Å²) in [4.78, 5) is 0. The fraction of sp³-hybridized carbons (Fsp3) is 0.458. The van der Waals surface area contributed by atoms with Gasteiger partial charge in [0.2, 0.25) is 0 Å². The molecule has 0 saturated heterocycles. The summed E-state index contributed by atoms with van der Waals surface area (Å²) in [5.74, 6) is 4.40. The predicted molar refractivity (Wildman–Crippen MR) is 116 cm³/mol. The molecule has 2 aromatic rings. The van der Waals surface area contributed by atoms with Crippen LogP contribution in [0.15, 0.2) is 24.3 Å². The van der Waals surface area contributed by atoms with Crippen LogP contribution in [0.25, 0.3) is 0 Å². The van der Waals surface area contributed by atoms with Gasteiger partial charge in [0.05, 0.1) is 0 Å².